The maximum Gasteiger partial charge on any atom is 0.180 e. The van der Waals surface area contributed by atoms with E-state index in [-0.39, 0.29) is 6.10 Å². The average Bonchev–Trinajstić information content (AvgIpc) is 2.67. The van der Waals surface area contributed by atoms with Gasteiger partial charge in [0.15, 0.2) is 5.82 Å². The van der Waals surface area contributed by atoms with E-state index in [1.165, 1.54) is 0 Å². The number of rotatable bonds is 2. The van der Waals surface area contributed by atoms with Crippen LogP contribution in [-0.2, 0) is 11.2 Å². The highest BCUT2D eigenvalue weighted by atomic mass is 16.5. The van der Waals surface area contributed by atoms with Gasteiger partial charge in [-0.25, -0.2) is 4.98 Å². The minimum atomic E-state index is 0.0188. The molecule has 2 heterocycles. The Balaban J connectivity index is 2.05. The molecule has 1 saturated heterocycles. The lowest BCUT2D eigenvalue weighted by atomic mass is 10.3. The molecule has 5 nitrogen and oxygen atoms in total. The molecule has 0 saturated carbocycles. The van der Waals surface area contributed by atoms with Gasteiger partial charge in [-0.15, -0.1) is 0 Å². The van der Waals surface area contributed by atoms with Crippen molar-refractivity contribution < 1.29 is 4.74 Å². The van der Waals surface area contributed by atoms with Crippen molar-refractivity contribution in [1.29, 1.82) is 0 Å². The highest BCUT2D eigenvalue weighted by Crippen LogP contribution is 2.13. The van der Waals surface area contributed by atoms with E-state index >= 15 is 0 Å². The summed E-state index contributed by atoms with van der Waals surface area (Å²) in [4.78, 5) is 4.32. The normalized spacial score (nSPS) is 23.3. The average molecular weight is 182 g/mol. The van der Waals surface area contributed by atoms with Crippen LogP contribution in [0, 0.1) is 0 Å². The quantitative estimate of drug-likeness (QED) is 0.677. The second-order valence-corrected chi connectivity index (χ2v) is 3.06. The van der Waals surface area contributed by atoms with E-state index in [0.29, 0.717) is 0 Å². The molecule has 0 spiro atoms. The maximum absolute atomic E-state index is 5.51. The number of hydrogen-bond acceptors (Lipinski definition) is 4. The summed E-state index contributed by atoms with van der Waals surface area (Å²) in [5.74, 6) is 1.69. The molecule has 0 unspecified atom stereocenters. The fourth-order valence-electron chi connectivity index (χ4n) is 1.34. The Bertz CT molecular complexity index is 267. The van der Waals surface area contributed by atoms with Crippen LogP contribution in [0.25, 0.3) is 0 Å². The van der Waals surface area contributed by atoms with Crippen molar-refractivity contribution in [2.75, 3.05) is 19.7 Å². The molecule has 2 N–H and O–H groups in total. The Hall–Kier alpha value is -0.940. The topological polar surface area (TPSA) is 62.8 Å². The molecule has 5 heteroatoms. The van der Waals surface area contributed by atoms with Gasteiger partial charge in [0, 0.05) is 19.5 Å². The van der Waals surface area contributed by atoms with Crippen molar-refractivity contribution in [2.45, 2.75) is 19.4 Å². The summed E-state index contributed by atoms with van der Waals surface area (Å²) in [6, 6.07) is 0. The molecule has 1 fully saturated rings. The van der Waals surface area contributed by atoms with E-state index in [1.54, 1.807) is 0 Å². The molecule has 0 amide bonds. The van der Waals surface area contributed by atoms with Gasteiger partial charge in [-0.3, -0.25) is 5.10 Å². The van der Waals surface area contributed by atoms with Gasteiger partial charge in [0.1, 0.15) is 11.9 Å². The predicted octanol–water partition coefficient (Wildman–Crippen LogP) is 0.0280. The number of ether oxygens (including phenoxy) is 1. The third-order valence-corrected chi connectivity index (χ3v) is 2.10. The minimum absolute atomic E-state index is 0.0188. The van der Waals surface area contributed by atoms with Crippen LogP contribution in [0.3, 0.4) is 0 Å². The summed E-state index contributed by atoms with van der Waals surface area (Å²) in [6.07, 6.45) is 0.901. The summed E-state index contributed by atoms with van der Waals surface area (Å²) < 4.78 is 5.51. The van der Waals surface area contributed by atoms with Crippen LogP contribution in [0.2, 0.25) is 0 Å². The third kappa shape index (κ3) is 1.87. The lowest BCUT2D eigenvalue weighted by Gasteiger charge is -2.20. The number of H-pyrrole nitrogens is 1. The smallest absolute Gasteiger partial charge is 0.180 e. The minimum Gasteiger partial charge on any atom is -0.367 e. The lowest BCUT2D eigenvalue weighted by Crippen LogP contribution is -2.33. The van der Waals surface area contributed by atoms with Crippen molar-refractivity contribution in [3.63, 3.8) is 0 Å². The van der Waals surface area contributed by atoms with E-state index in [2.05, 4.69) is 20.5 Å². The molecular weight excluding hydrogens is 168 g/mol. The summed E-state index contributed by atoms with van der Waals surface area (Å²) in [6.45, 7) is 4.51. The molecule has 0 aliphatic carbocycles. The van der Waals surface area contributed by atoms with Gasteiger partial charge in [0.2, 0.25) is 0 Å². The monoisotopic (exact) mass is 182 g/mol. The van der Waals surface area contributed by atoms with Crippen LogP contribution >= 0.6 is 0 Å². The molecular formula is C8H14N4O. The number of aromatic amines is 1. The standard InChI is InChI=1S/C8H14N4O/c1-2-7-10-8(12-11-7)6-5-9-3-4-13-6/h6,9H,2-5H2,1H3,(H,10,11,12)/t6-/m1/s1. The van der Waals surface area contributed by atoms with Crippen molar-refractivity contribution in [3.05, 3.63) is 11.6 Å². The highest BCUT2D eigenvalue weighted by molar-refractivity contribution is 4.95. The fraction of sp³-hybridized carbons (Fsp3) is 0.750. The number of aromatic nitrogens is 3. The Kier molecular flexibility index (Phi) is 2.56. The van der Waals surface area contributed by atoms with Crippen LogP contribution in [-0.4, -0.2) is 34.9 Å². The molecule has 0 bridgehead atoms. The number of aryl methyl sites for hydroxylation is 1. The van der Waals surface area contributed by atoms with Crippen molar-refractivity contribution >= 4 is 0 Å². The van der Waals surface area contributed by atoms with Gasteiger partial charge in [-0.2, -0.15) is 5.10 Å². The third-order valence-electron chi connectivity index (χ3n) is 2.10. The molecule has 0 radical (unpaired) electrons. The first kappa shape index (κ1) is 8.65. The Morgan fingerprint density at radius 2 is 2.54 bits per heavy atom. The molecule has 1 aromatic rings. The summed E-state index contributed by atoms with van der Waals surface area (Å²) in [5, 5.41) is 10.2. The Labute approximate surface area is 76.9 Å². The van der Waals surface area contributed by atoms with Gasteiger partial charge < -0.3 is 10.1 Å². The fourth-order valence-corrected chi connectivity index (χ4v) is 1.34. The van der Waals surface area contributed by atoms with Gasteiger partial charge >= 0.3 is 0 Å². The Morgan fingerprint density at radius 3 is 3.15 bits per heavy atom. The zero-order valence-electron chi connectivity index (χ0n) is 7.71. The first-order valence-electron chi connectivity index (χ1n) is 4.63. The molecule has 2 rings (SSSR count). The van der Waals surface area contributed by atoms with Gasteiger partial charge in [-0.1, -0.05) is 6.92 Å². The van der Waals surface area contributed by atoms with Crippen LogP contribution < -0.4 is 5.32 Å². The molecule has 1 atom stereocenters. The lowest BCUT2D eigenvalue weighted by molar-refractivity contribution is 0.0223. The van der Waals surface area contributed by atoms with E-state index in [0.717, 1.165) is 37.8 Å². The van der Waals surface area contributed by atoms with Gasteiger partial charge in [-0.05, 0) is 0 Å². The molecule has 1 aliphatic heterocycles. The van der Waals surface area contributed by atoms with E-state index in [4.69, 9.17) is 4.74 Å². The van der Waals surface area contributed by atoms with Crippen molar-refractivity contribution in [2.24, 2.45) is 0 Å². The van der Waals surface area contributed by atoms with Crippen LogP contribution in [0.15, 0.2) is 0 Å². The first-order valence-corrected chi connectivity index (χ1v) is 4.63. The maximum atomic E-state index is 5.51. The van der Waals surface area contributed by atoms with Crippen molar-refractivity contribution in [1.82, 2.24) is 20.5 Å². The van der Waals surface area contributed by atoms with Gasteiger partial charge in [0.25, 0.3) is 0 Å². The number of nitrogens with one attached hydrogen (secondary N) is 2. The van der Waals surface area contributed by atoms with E-state index < -0.39 is 0 Å². The van der Waals surface area contributed by atoms with Crippen LogP contribution in [0.4, 0.5) is 0 Å². The van der Waals surface area contributed by atoms with Gasteiger partial charge in [0.05, 0.1) is 6.61 Å². The second kappa shape index (κ2) is 3.85. The highest BCUT2D eigenvalue weighted by Gasteiger charge is 2.19. The molecule has 72 valence electrons. The molecule has 0 aromatic carbocycles. The predicted molar refractivity (Wildman–Crippen MR) is 47.3 cm³/mol. The van der Waals surface area contributed by atoms with E-state index in [1.807, 2.05) is 6.92 Å². The molecule has 1 aliphatic rings. The summed E-state index contributed by atoms with van der Waals surface area (Å²) in [7, 11) is 0. The Morgan fingerprint density at radius 1 is 1.62 bits per heavy atom. The molecule has 1 aromatic heterocycles. The zero-order chi connectivity index (χ0) is 9.10. The summed E-state index contributed by atoms with van der Waals surface area (Å²) in [5.41, 5.74) is 0. The van der Waals surface area contributed by atoms with E-state index in [9.17, 15) is 0 Å². The van der Waals surface area contributed by atoms with Crippen LogP contribution in [0.1, 0.15) is 24.7 Å². The number of morpholine rings is 1. The van der Waals surface area contributed by atoms with Crippen molar-refractivity contribution in [3.8, 4) is 0 Å². The summed E-state index contributed by atoms with van der Waals surface area (Å²) >= 11 is 0. The largest absolute Gasteiger partial charge is 0.367 e. The van der Waals surface area contributed by atoms with Crippen LogP contribution in [0.5, 0.6) is 0 Å². The second-order valence-electron chi connectivity index (χ2n) is 3.06. The molecule has 13 heavy (non-hydrogen) atoms. The SMILES string of the molecule is CCc1nc([C@H]2CNCCO2)n[nH]1. The number of hydrogen-bond donors (Lipinski definition) is 2. The number of nitrogens with zero attached hydrogens (tertiary/aromatic N) is 2. The first-order chi connectivity index (χ1) is 6.40. The zero-order valence-corrected chi connectivity index (χ0v) is 7.71.